The van der Waals surface area contributed by atoms with E-state index >= 15 is 0 Å². The molecule has 0 radical (unpaired) electrons. The lowest BCUT2D eigenvalue weighted by Crippen LogP contribution is -2.45. The summed E-state index contributed by atoms with van der Waals surface area (Å²) < 4.78 is 120. The first-order chi connectivity index (χ1) is 9.69. The van der Waals surface area contributed by atoms with Gasteiger partial charge in [0.15, 0.2) is 4.58 Å². The number of rotatable bonds is 8. The average Bonchev–Trinajstić information content (AvgIpc) is 2.30. The molecule has 0 amide bonds. The van der Waals surface area contributed by atoms with Crippen LogP contribution in [-0.4, -0.2) is 57.7 Å². The Hall–Kier alpha value is -0.210. The average molecular weight is 398 g/mol. The number of ether oxygens (including phenoxy) is 1. The van der Waals surface area contributed by atoms with Crippen molar-refractivity contribution in [3.05, 3.63) is 0 Å². The molecule has 0 aromatic rings. The summed E-state index contributed by atoms with van der Waals surface area (Å²) in [5.41, 5.74) is -12.3. The summed E-state index contributed by atoms with van der Waals surface area (Å²) >= 11 is 1.26. The molecule has 22 heavy (non-hydrogen) atoms. The second-order valence-electron chi connectivity index (χ2n) is 3.80. The molecule has 0 fully saturated rings. The van der Waals surface area contributed by atoms with E-state index in [0.717, 1.165) is 0 Å². The second-order valence-corrected chi connectivity index (χ2v) is 9.33. The highest BCUT2D eigenvalue weighted by Gasteiger charge is 2.62. The Kier molecular flexibility index (Phi) is 7.50. The van der Waals surface area contributed by atoms with Crippen molar-refractivity contribution in [2.24, 2.45) is 0 Å². The van der Waals surface area contributed by atoms with Crippen molar-refractivity contribution in [2.45, 2.75) is 22.0 Å². The summed E-state index contributed by atoms with van der Waals surface area (Å²) in [6, 6.07) is 0. The van der Waals surface area contributed by atoms with E-state index in [2.05, 4.69) is 4.74 Å². The topological polar surface area (TPSA) is 77.5 Å². The molecule has 0 atom stereocenters. The van der Waals surface area contributed by atoms with Gasteiger partial charge in [0, 0.05) is 18.8 Å². The number of thioether (sulfide) groups is 1. The third-order valence-corrected chi connectivity index (χ3v) is 7.51. The van der Waals surface area contributed by atoms with Crippen LogP contribution in [0.2, 0.25) is 0 Å². The minimum atomic E-state index is -6.57. The van der Waals surface area contributed by atoms with Crippen LogP contribution in [0.3, 0.4) is 0 Å². The summed E-state index contributed by atoms with van der Waals surface area (Å²) in [5.74, 6) is 0.350. The van der Waals surface area contributed by atoms with Gasteiger partial charge in [-0.2, -0.15) is 38.1 Å². The number of alkyl halides is 6. The molecule has 0 spiro atoms. The zero-order valence-electron chi connectivity index (χ0n) is 10.9. The van der Waals surface area contributed by atoms with E-state index in [1.807, 2.05) is 0 Å². The summed E-state index contributed by atoms with van der Waals surface area (Å²) in [5, 5.41) is 0. The quantitative estimate of drug-likeness (QED) is 0.460. The normalized spacial score (nSPS) is 14.5. The van der Waals surface area contributed by atoms with Crippen LogP contribution in [0.25, 0.3) is 0 Å². The molecule has 14 heteroatoms. The zero-order valence-corrected chi connectivity index (χ0v) is 13.4. The molecule has 0 bridgehead atoms. The molecular weight excluding hydrogens is 386 g/mol. The molecule has 0 aliphatic rings. The second kappa shape index (κ2) is 7.57. The standard InChI is InChI=1S/C8H12F6O5S3/c1-20-5-4-19-3-2-6(21(15,16)7(9,10)11)22(17,18)8(12,13)14/h6H,2-5H2,1H3. The molecule has 5 nitrogen and oxygen atoms in total. The lowest BCUT2D eigenvalue weighted by molar-refractivity contribution is -0.0474. The zero-order chi connectivity index (χ0) is 17.8. The van der Waals surface area contributed by atoms with Crippen LogP contribution in [0.15, 0.2) is 0 Å². The first-order valence-corrected chi connectivity index (χ1v) is 9.85. The molecule has 134 valence electrons. The molecule has 0 saturated heterocycles. The van der Waals surface area contributed by atoms with Gasteiger partial charge in [0.1, 0.15) is 0 Å². The highest BCUT2D eigenvalue weighted by atomic mass is 32.3. The van der Waals surface area contributed by atoms with E-state index in [1.54, 1.807) is 6.26 Å². The number of hydrogen-bond donors (Lipinski definition) is 0. The lowest BCUT2D eigenvalue weighted by Gasteiger charge is -2.20. The van der Waals surface area contributed by atoms with E-state index in [1.165, 1.54) is 11.8 Å². The van der Waals surface area contributed by atoms with E-state index in [-0.39, 0.29) is 6.61 Å². The van der Waals surface area contributed by atoms with Gasteiger partial charge in [-0.25, -0.2) is 16.8 Å². The molecule has 0 heterocycles. The highest BCUT2D eigenvalue weighted by Crippen LogP contribution is 2.37. The van der Waals surface area contributed by atoms with Gasteiger partial charge < -0.3 is 4.74 Å². The van der Waals surface area contributed by atoms with Crippen LogP contribution in [0.1, 0.15) is 6.42 Å². The van der Waals surface area contributed by atoms with Gasteiger partial charge in [0.05, 0.1) is 6.61 Å². The molecular formula is C8H12F6O5S3. The van der Waals surface area contributed by atoms with Gasteiger partial charge >= 0.3 is 11.0 Å². The van der Waals surface area contributed by atoms with Crippen molar-refractivity contribution in [2.75, 3.05) is 25.2 Å². The highest BCUT2D eigenvalue weighted by molar-refractivity contribution is 8.09. The molecule has 0 aromatic heterocycles. The maximum Gasteiger partial charge on any atom is 0.498 e. The van der Waals surface area contributed by atoms with Crippen LogP contribution in [0, 0.1) is 0 Å². The maximum absolute atomic E-state index is 12.4. The van der Waals surface area contributed by atoms with E-state index in [9.17, 15) is 43.2 Å². The van der Waals surface area contributed by atoms with Gasteiger partial charge in [-0.1, -0.05) is 0 Å². The van der Waals surface area contributed by atoms with Gasteiger partial charge in [0.25, 0.3) is 19.7 Å². The van der Waals surface area contributed by atoms with Crippen LogP contribution >= 0.6 is 11.8 Å². The summed E-state index contributed by atoms with van der Waals surface area (Å²) in [6.07, 6.45) is 0.173. The fourth-order valence-corrected chi connectivity index (χ4v) is 4.88. The van der Waals surface area contributed by atoms with Crippen molar-refractivity contribution in [3.63, 3.8) is 0 Å². The van der Waals surface area contributed by atoms with Gasteiger partial charge in [0.2, 0.25) is 0 Å². The van der Waals surface area contributed by atoms with Crippen molar-refractivity contribution in [1.82, 2.24) is 0 Å². The van der Waals surface area contributed by atoms with Crippen LogP contribution in [0.5, 0.6) is 0 Å². The molecule has 0 aliphatic heterocycles. The molecule has 0 unspecified atom stereocenters. The Morgan fingerprint density at radius 2 is 1.32 bits per heavy atom. The van der Waals surface area contributed by atoms with Crippen LogP contribution in [-0.2, 0) is 24.4 Å². The van der Waals surface area contributed by atoms with Crippen molar-refractivity contribution >= 4 is 31.4 Å². The first-order valence-electron chi connectivity index (χ1n) is 5.36. The Bertz CT molecular complexity index is 506. The number of sulfone groups is 2. The van der Waals surface area contributed by atoms with Crippen LogP contribution < -0.4 is 0 Å². The number of hydrogen-bond acceptors (Lipinski definition) is 6. The largest absolute Gasteiger partial charge is 0.498 e. The van der Waals surface area contributed by atoms with Crippen molar-refractivity contribution in [3.8, 4) is 0 Å². The monoisotopic (exact) mass is 398 g/mol. The number of halogens is 6. The summed E-state index contributed by atoms with van der Waals surface area (Å²) in [6.45, 7) is -0.956. The molecule has 0 N–H and O–H groups in total. The Labute approximate surface area is 127 Å². The predicted octanol–water partition coefficient (Wildman–Crippen LogP) is 1.95. The fraction of sp³-hybridized carbons (Fsp3) is 1.00. The van der Waals surface area contributed by atoms with E-state index in [0.29, 0.717) is 5.75 Å². The third kappa shape index (κ3) is 5.16. The fourth-order valence-electron chi connectivity index (χ4n) is 1.20. The van der Waals surface area contributed by atoms with Gasteiger partial charge in [-0.15, -0.1) is 0 Å². The predicted molar refractivity (Wildman–Crippen MR) is 67.6 cm³/mol. The minimum Gasteiger partial charge on any atom is -0.381 e. The van der Waals surface area contributed by atoms with E-state index in [4.69, 9.17) is 0 Å². The minimum absolute atomic E-state index is 0.0774. The van der Waals surface area contributed by atoms with Crippen molar-refractivity contribution < 1.29 is 47.9 Å². The maximum atomic E-state index is 12.4. The SMILES string of the molecule is CSCCOCCC(S(=O)(=O)C(F)(F)F)S(=O)(=O)C(F)(F)F. The van der Waals surface area contributed by atoms with Crippen molar-refractivity contribution in [1.29, 1.82) is 0 Å². The third-order valence-electron chi connectivity index (χ3n) is 2.27. The molecule has 0 saturated carbocycles. The van der Waals surface area contributed by atoms with Gasteiger partial charge in [-0.3, -0.25) is 0 Å². The first kappa shape index (κ1) is 21.8. The lowest BCUT2D eigenvalue weighted by atomic mass is 10.5. The summed E-state index contributed by atoms with van der Waals surface area (Å²) in [7, 11) is -13.1. The molecule has 0 aliphatic carbocycles. The van der Waals surface area contributed by atoms with Gasteiger partial charge in [-0.05, 0) is 6.26 Å². The Balaban J connectivity index is 5.47. The summed E-state index contributed by atoms with van der Waals surface area (Å²) in [4.78, 5) is 0. The smallest absolute Gasteiger partial charge is 0.381 e. The Morgan fingerprint density at radius 1 is 0.909 bits per heavy atom. The van der Waals surface area contributed by atoms with Crippen LogP contribution in [0.4, 0.5) is 26.3 Å². The molecule has 0 rings (SSSR count). The molecule has 0 aromatic carbocycles. The Morgan fingerprint density at radius 3 is 1.64 bits per heavy atom. The van der Waals surface area contributed by atoms with E-state index < -0.39 is 48.3 Å².